The maximum absolute atomic E-state index is 12.8. The quantitative estimate of drug-likeness (QED) is 0.0261. The summed E-state index contributed by atoms with van der Waals surface area (Å²) in [6.07, 6.45) is 74.0. The smallest absolute Gasteiger partial charge is 0.306 e. The predicted molar refractivity (Wildman–Crippen MR) is 317 cm³/mol. The molecule has 0 radical (unpaired) electrons. The van der Waals surface area contributed by atoms with E-state index in [9.17, 15) is 14.4 Å². The largest absolute Gasteiger partial charge is 0.462 e. The van der Waals surface area contributed by atoms with E-state index in [1.807, 2.05) is 0 Å². The minimum Gasteiger partial charge on any atom is -0.462 e. The average molecular weight is 1030 g/mol. The molecule has 0 saturated heterocycles. The van der Waals surface area contributed by atoms with Crippen molar-refractivity contribution in [3.63, 3.8) is 0 Å². The highest BCUT2D eigenvalue weighted by atomic mass is 16.6. The molecule has 1 unspecified atom stereocenters. The Morgan fingerprint density at radius 3 is 0.699 bits per heavy atom. The molecule has 0 heterocycles. The normalized spacial score (nSPS) is 12.0. The number of hydrogen-bond donors (Lipinski definition) is 0. The maximum Gasteiger partial charge on any atom is 0.306 e. The molecule has 0 spiro atoms. The lowest BCUT2D eigenvalue weighted by molar-refractivity contribution is -0.167. The van der Waals surface area contributed by atoms with E-state index in [1.165, 1.54) is 276 Å². The second kappa shape index (κ2) is 62.7. The van der Waals surface area contributed by atoms with Gasteiger partial charge in [0.05, 0.1) is 0 Å². The van der Waals surface area contributed by atoms with Gasteiger partial charge in [-0.1, -0.05) is 328 Å². The summed E-state index contributed by atoms with van der Waals surface area (Å²) < 4.78 is 16.9. The Balaban J connectivity index is 3.98. The lowest BCUT2D eigenvalue weighted by Gasteiger charge is -2.18. The summed E-state index contributed by atoms with van der Waals surface area (Å²) in [7, 11) is 0. The zero-order chi connectivity index (χ0) is 52.9. The summed E-state index contributed by atoms with van der Waals surface area (Å²) in [6, 6.07) is 0. The molecule has 0 aromatic rings. The van der Waals surface area contributed by atoms with Crippen LogP contribution in [0.15, 0.2) is 12.2 Å². The Morgan fingerprint density at radius 1 is 0.260 bits per heavy atom. The van der Waals surface area contributed by atoms with Crippen LogP contribution >= 0.6 is 0 Å². The zero-order valence-corrected chi connectivity index (χ0v) is 49.7. The van der Waals surface area contributed by atoms with E-state index in [0.717, 1.165) is 64.2 Å². The Bertz CT molecular complexity index is 1130. The number of carbonyl (C=O) groups is 3. The van der Waals surface area contributed by atoms with Gasteiger partial charge in [-0.2, -0.15) is 0 Å². The summed E-state index contributed by atoms with van der Waals surface area (Å²) in [5.74, 6) is -0.853. The number of allylic oxidation sites excluding steroid dienone is 2. The van der Waals surface area contributed by atoms with Crippen molar-refractivity contribution >= 4 is 17.9 Å². The van der Waals surface area contributed by atoms with E-state index in [1.54, 1.807) is 0 Å². The molecule has 0 N–H and O–H groups in total. The average Bonchev–Trinajstić information content (AvgIpc) is 3.39. The highest BCUT2D eigenvalue weighted by Gasteiger charge is 2.19. The molecule has 73 heavy (non-hydrogen) atoms. The van der Waals surface area contributed by atoms with E-state index in [-0.39, 0.29) is 31.1 Å². The van der Waals surface area contributed by atoms with Crippen LogP contribution in [0.3, 0.4) is 0 Å². The molecule has 0 fully saturated rings. The van der Waals surface area contributed by atoms with Crippen molar-refractivity contribution in [2.24, 2.45) is 0 Å². The lowest BCUT2D eigenvalue weighted by atomic mass is 10.0. The Labute approximate surface area is 456 Å². The predicted octanol–water partition coefficient (Wildman–Crippen LogP) is 22.4. The standard InChI is InChI=1S/C67H128O6/c1-4-7-10-13-16-19-22-24-25-26-27-28-29-30-31-32-33-34-35-36-37-38-39-40-41-42-44-45-48-51-54-57-60-66(69)72-63-64(62-71-65(68)59-56-53-50-47-21-18-15-12-9-6-3)73-67(70)61-58-55-52-49-46-43-23-20-17-14-11-8-5-2/h20,23,64H,4-19,21-22,24-63H2,1-3H3/b23-20-. The van der Waals surface area contributed by atoms with E-state index in [0.29, 0.717) is 19.3 Å². The number of carbonyl (C=O) groups excluding carboxylic acids is 3. The number of unbranched alkanes of at least 4 members (excludes halogenated alkanes) is 49. The van der Waals surface area contributed by atoms with Gasteiger partial charge in [-0.05, 0) is 44.9 Å². The molecule has 0 rings (SSSR count). The monoisotopic (exact) mass is 1030 g/mol. The van der Waals surface area contributed by atoms with Gasteiger partial charge < -0.3 is 14.2 Å². The first-order valence-electron chi connectivity index (χ1n) is 33.2. The molecule has 0 aliphatic carbocycles. The molecule has 432 valence electrons. The first-order chi connectivity index (χ1) is 36.0. The van der Waals surface area contributed by atoms with Crippen LogP contribution in [-0.2, 0) is 28.6 Å². The minimum absolute atomic E-state index is 0.0676. The maximum atomic E-state index is 12.8. The van der Waals surface area contributed by atoms with Crippen LogP contribution in [-0.4, -0.2) is 37.2 Å². The number of hydrogen-bond acceptors (Lipinski definition) is 6. The van der Waals surface area contributed by atoms with Gasteiger partial charge in [0.25, 0.3) is 0 Å². The van der Waals surface area contributed by atoms with Crippen molar-refractivity contribution in [1.82, 2.24) is 0 Å². The zero-order valence-electron chi connectivity index (χ0n) is 49.7. The molecule has 0 amide bonds. The fraction of sp³-hybridized carbons (Fsp3) is 0.925. The van der Waals surface area contributed by atoms with Gasteiger partial charge in [0.2, 0.25) is 0 Å². The molecular formula is C67H128O6. The van der Waals surface area contributed by atoms with Crippen molar-refractivity contribution in [2.75, 3.05) is 13.2 Å². The third-order valence-corrected chi connectivity index (χ3v) is 15.3. The molecule has 0 aromatic heterocycles. The number of rotatable bonds is 62. The highest BCUT2D eigenvalue weighted by molar-refractivity contribution is 5.71. The first-order valence-corrected chi connectivity index (χ1v) is 33.2. The van der Waals surface area contributed by atoms with Gasteiger partial charge in [0.1, 0.15) is 13.2 Å². The molecule has 0 saturated carbocycles. The van der Waals surface area contributed by atoms with Crippen LogP contribution < -0.4 is 0 Å². The van der Waals surface area contributed by atoms with Crippen LogP contribution in [0.25, 0.3) is 0 Å². The van der Waals surface area contributed by atoms with Crippen LogP contribution in [0.1, 0.15) is 380 Å². The summed E-state index contributed by atoms with van der Waals surface area (Å²) in [4.78, 5) is 38.1. The minimum atomic E-state index is -0.768. The molecule has 0 bridgehead atoms. The van der Waals surface area contributed by atoms with Crippen LogP contribution in [0.5, 0.6) is 0 Å². The van der Waals surface area contributed by atoms with Gasteiger partial charge in [0, 0.05) is 19.3 Å². The van der Waals surface area contributed by atoms with Crippen LogP contribution in [0.4, 0.5) is 0 Å². The second-order valence-corrected chi connectivity index (χ2v) is 22.7. The van der Waals surface area contributed by atoms with Crippen molar-refractivity contribution in [3.8, 4) is 0 Å². The summed E-state index contributed by atoms with van der Waals surface area (Å²) >= 11 is 0. The van der Waals surface area contributed by atoms with E-state index < -0.39 is 6.10 Å². The fourth-order valence-corrected chi connectivity index (χ4v) is 10.3. The van der Waals surface area contributed by atoms with Crippen molar-refractivity contribution in [2.45, 2.75) is 386 Å². The van der Waals surface area contributed by atoms with Crippen molar-refractivity contribution in [3.05, 3.63) is 12.2 Å². The summed E-state index contributed by atoms with van der Waals surface area (Å²) in [5.41, 5.74) is 0. The second-order valence-electron chi connectivity index (χ2n) is 22.7. The third-order valence-electron chi connectivity index (χ3n) is 15.3. The Hall–Kier alpha value is -1.85. The SMILES string of the molecule is CCCCCC/C=C\CCCCCCCC(=O)OC(COC(=O)CCCCCCCCCCCC)COC(=O)CCCCCCCCCCCCCCCCCCCCCCCCCCCCCCCCCC. The summed E-state index contributed by atoms with van der Waals surface area (Å²) in [5, 5.41) is 0. The van der Waals surface area contributed by atoms with Gasteiger partial charge >= 0.3 is 17.9 Å². The molecule has 0 aromatic carbocycles. The lowest BCUT2D eigenvalue weighted by Crippen LogP contribution is -2.30. The van der Waals surface area contributed by atoms with E-state index in [2.05, 4.69) is 32.9 Å². The molecule has 1 atom stereocenters. The number of ether oxygens (including phenoxy) is 3. The topological polar surface area (TPSA) is 78.9 Å². The molecule has 0 aliphatic heterocycles. The first kappa shape index (κ1) is 71.2. The number of esters is 3. The molecule has 6 heteroatoms. The van der Waals surface area contributed by atoms with Crippen molar-refractivity contribution in [1.29, 1.82) is 0 Å². The van der Waals surface area contributed by atoms with E-state index in [4.69, 9.17) is 14.2 Å². The Morgan fingerprint density at radius 2 is 0.452 bits per heavy atom. The van der Waals surface area contributed by atoms with Gasteiger partial charge in [-0.25, -0.2) is 0 Å². The van der Waals surface area contributed by atoms with Gasteiger partial charge in [0.15, 0.2) is 6.10 Å². The van der Waals surface area contributed by atoms with Crippen LogP contribution in [0, 0.1) is 0 Å². The van der Waals surface area contributed by atoms with E-state index >= 15 is 0 Å². The van der Waals surface area contributed by atoms with Gasteiger partial charge in [-0.15, -0.1) is 0 Å². The van der Waals surface area contributed by atoms with Crippen molar-refractivity contribution < 1.29 is 28.6 Å². The fourth-order valence-electron chi connectivity index (χ4n) is 10.3. The molecular weight excluding hydrogens is 901 g/mol. The Kier molecular flexibility index (Phi) is 61.1. The third kappa shape index (κ3) is 60.9. The molecule has 6 nitrogen and oxygen atoms in total. The molecule has 0 aliphatic rings. The summed E-state index contributed by atoms with van der Waals surface area (Å²) in [6.45, 7) is 6.67. The van der Waals surface area contributed by atoms with Crippen LogP contribution in [0.2, 0.25) is 0 Å². The van der Waals surface area contributed by atoms with Gasteiger partial charge in [-0.3, -0.25) is 14.4 Å². The highest BCUT2D eigenvalue weighted by Crippen LogP contribution is 2.19.